The molecule has 0 bridgehead atoms. The first-order chi connectivity index (χ1) is 9.06. The van der Waals surface area contributed by atoms with Gasteiger partial charge >= 0.3 is 0 Å². The summed E-state index contributed by atoms with van der Waals surface area (Å²) in [5, 5.41) is 4.55. The highest BCUT2D eigenvalue weighted by Crippen LogP contribution is 2.28. The number of nitrogens with two attached hydrogens (primary N) is 1. The summed E-state index contributed by atoms with van der Waals surface area (Å²) in [5.41, 5.74) is 7.14. The molecule has 2 N–H and O–H groups in total. The molecule has 0 fully saturated rings. The van der Waals surface area contributed by atoms with Gasteiger partial charge in [0.15, 0.2) is 5.82 Å². The molecule has 2 aromatic rings. The zero-order valence-electron chi connectivity index (χ0n) is 10.9. The number of thioether (sulfide) groups is 1. The number of nitrogens with zero attached hydrogens (tertiary/aromatic N) is 2. The molecule has 4 nitrogen and oxygen atoms in total. The Morgan fingerprint density at radius 2 is 2.21 bits per heavy atom. The van der Waals surface area contributed by atoms with Crippen molar-refractivity contribution in [3.63, 3.8) is 0 Å². The fourth-order valence-corrected chi connectivity index (χ4v) is 2.58. The molecule has 0 aliphatic carbocycles. The van der Waals surface area contributed by atoms with Gasteiger partial charge in [-0.2, -0.15) is 16.7 Å². The van der Waals surface area contributed by atoms with Crippen LogP contribution < -0.4 is 5.73 Å². The van der Waals surface area contributed by atoms with Crippen LogP contribution >= 0.6 is 23.4 Å². The highest BCUT2D eigenvalue weighted by Gasteiger charge is 2.12. The van der Waals surface area contributed by atoms with E-state index in [4.69, 9.17) is 21.9 Å². The van der Waals surface area contributed by atoms with E-state index in [2.05, 4.69) is 24.0 Å². The second-order valence-corrected chi connectivity index (χ2v) is 6.12. The highest BCUT2D eigenvalue weighted by atomic mass is 35.5. The Balaban J connectivity index is 2.10. The van der Waals surface area contributed by atoms with E-state index in [1.807, 2.05) is 0 Å². The summed E-state index contributed by atoms with van der Waals surface area (Å²) >= 11 is 7.73. The second-order valence-electron chi connectivity index (χ2n) is 4.66. The fourth-order valence-electron chi connectivity index (χ4n) is 1.52. The highest BCUT2D eigenvalue weighted by molar-refractivity contribution is 7.98. The Bertz CT molecular complexity index is 557. The van der Waals surface area contributed by atoms with Crippen LogP contribution in [0.2, 0.25) is 5.02 Å². The van der Waals surface area contributed by atoms with Gasteiger partial charge in [0.05, 0.1) is 11.3 Å². The molecule has 1 aromatic heterocycles. The zero-order chi connectivity index (χ0) is 13.8. The molecular formula is C13H16ClN3OS. The van der Waals surface area contributed by atoms with Crippen molar-refractivity contribution in [1.29, 1.82) is 0 Å². The first-order valence-electron chi connectivity index (χ1n) is 6.02. The predicted octanol–water partition coefficient (Wildman–Crippen LogP) is 3.86. The van der Waals surface area contributed by atoms with Crippen LogP contribution in [0.1, 0.15) is 19.7 Å². The van der Waals surface area contributed by atoms with Crippen LogP contribution in [0.25, 0.3) is 11.5 Å². The second kappa shape index (κ2) is 6.30. The van der Waals surface area contributed by atoms with E-state index in [0.717, 1.165) is 11.5 Å². The average Bonchev–Trinajstić information content (AvgIpc) is 2.80. The summed E-state index contributed by atoms with van der Waals surface area (Å²) in [7, 11) is 0. The number of nitrogen functional groups attached to an aromatic ring is 1. The molecule has 102 valence electrons. The maximum atomic E-state index is 5.94. The minimum Gasteiger partial charge on any atom is -0.398 e. The summed E-state index contributed by atoms with van der Waals surface area (Å²) in [6, 6.07) is 5.20. The van der Waals surface area contributed by atoms with Gasteiger partial charge in [-0.3, -0.25) is 0 Å². The molecule has 0 aliphatic heterocycles. The van der Waals surface area contributed by atoms with E-state index in [1.165, 1.54) is 0 Å². The molecule has 0 aliphatic rings. The van der Waals surface area contributed by atoms with Gasteiger partial charge < -0.3 is 10.3 Å². The Kier molecular flexibility index (Phi) is 4.71. The number of rotatable bonds is 5. The molecular weight excluding hydrogens is 282 g/mol. The van der Waals surface area contributed by atoms with Gasteiger partial charge in [-0.25, -0.2) is 0 Å². The normalized spacial score (nSPS) is 11.2. The van der Waals surface area contributed by atoms with Crippen molar-refractivity contribution in [1.82, 2.24) is 10.1 Å². The summed E-state index contributed by atoms with van der Waals surface area (Å²) in [6.45, 7) is 4.36. The average molecular weight is 298 g/mol. The summed E-state index contributed by atoms with van der Waals surface area (Å²) < 4.78 is 5.23. The zero-order valence-corrected chi connectivity index (χ0v) is 12.5. The third kappa shape index (κ3) is 3.88. The lowest BCUT2D eigenvalue weighted by Gasteiger charge is -2.01. The SMILES string of the molecule is CC(C)CSCc1noc(-c2cc(Cl)ccc2N)n1. The number of halogens is 1. The lowest BCUT2D eigenvalue weighted by atomic mass is 10.2. The van der Waals surface area contributed by atoms with E-state index in [1.54, 1.807) is 30.0 Å². The Labute approximate surface area is 121 Å². The fraction of sp³-hybridized carbons (Fsp3) is 0.385. The van der Waals surface area contributed by atoms with Crippen LogP contribution in [0, 0.1) is 5.92 Å². The van der Waals surface area contributed by atoms with Gasteiger partial charge in [0.2, 0.25) is 0 Å². The maximum Gasteiger partial charge on any atom is 0.260 e. The summed E-state index contributed by atoms with van der Waals surface area (Å²) in [6.07, 6.45) is 0. The van der Waals surface area contributed by atoms with Crippen LogP contribution in [0.15, 0.2) is 22.7 Å². The largest absolute Gasteiger partial charge is 0.398 e. The lowest BCUT2D eigenvalue weighted by Crippen LogP contribution is -1.93. The van der Waals surface area contributed by atoms with Crippen molar-refractivity contribution >= 4 is 29.1 Å². The molecule has 0 spiro atoms. The Morgan fingerprint density at radius 3 is 2.95 bits per heavy atom. The Hall–Kier alpha value is -1.20. The first kappa shape index (κ1) is 14.2. The molecule has 0 unspecified atom stereocenters. The van der Waals surface area contributed by atoms with Gasteiger partial charge in [-0.1, -0.05) is 30.6 Å². The van der Waals surface area contributed by atoms with Crippen LogP contribution in [0.3, 0.4) is 0 Å². The number of hydrogen-bond acceptors (Lipinski definition) is 5. The number of aromatic nitrogens is 2. The molecule has 19 heavy (non-hydrogen) atoms. The van der Waals surface area contributed by atoms with Crippen molar-refractivity contribution in [2.45, 2.75) is 19.6 Å². The molecule has 0 saturated heterocycles. The maximum absolute atomic E-state index is 5.94. The smallest absolute Gasteiger partial charge is 0.260 e. The summed E-state index contributed by atoms with van der Waals surface area (Å²) in [4.78, 5) is 4.34. The first-order valence-corrected chi connectivity index (χ1v) is 7.55. The molecule has 0 radical (unpaired) electrons. The van der Waals surface area contributed by atoms with Crippen LogP contribution in [-0.2, 0) is 5.75 Å². The van der Waals surface area contributed by atoms with Crippen molar-refractivity contribution in [2.75, 3.05) is 11.5 Å². The van der Waals surface area contributed by atoms with E-state index < -0.39 is 0 Å². The third-order valence-corrected chi connectivity index (χ3v) is 4.00. The van der Waals surface area contributed by atoms with E-state index >= 15 is 0 Å². The summed E-state index contributed by atoms with van der Waals surface area (Å²) in [5.74, 6) is 3.56. The molecule has 1 heterocycles. The standard InChI is InChI=1S/C13H16ClN3OS/c1-8(2)6-19-7-12-16-13(18-17-12)10-5-9(14)3-4-11(10)15/h3-5,8H,6-7,15H2,1-2H3. The van der Waals surface area contributed by atoms with E-state index in [0.29, 0.717) is 33.9 Å². The van der Waals surface area contributed by atoms with Crippen molar-refractivity contribution in [3.8, 4) is 11.5 Å². The van der Waals surface area contributed by atoms with Crippen LogP contribution in [-0.4, -0.2) is 15.9 Å². The minimum absolute atomic E-state index is 0.417. The molecule has 0 atom stereocenters. The van der Waals surface area contributed by atoms with Gasteiger partial charge in [-0.15, -0.1) is 0 Å². The quantitative estimate of drug-likeness (QED) is 0.849. The molecule has 1 aromatic carbocycles. The number of benzene rings is 1. The molecule has 6 heteroatoms. The molecule has 0 amide bonds. The van der Waals surface area contributed by atoms with Gasteiger partial charge in [0.25, 0.3) is 5.89 Å². The molecule has 0 saturated carbocycles. The lowest BCUT2D eigenvalue weighted by molar-refractivity contribution is 0.425. The molecule has 2 rings (SSSR count). The Morgan fingerprint density at radius 1 is 1.42 bits per heavy atom. The van der Waals surface area contributed by atoms with E-state index in [-0.39, 0.29) is 0 Å². The van der Waals surface area contributed by atoms with Crippen molar-refractivity contribution < 1.29 is 4.52 Å². The third-order valence-electron chi connectivity index (χ3n) is 2.40. The minimum atomic E-state index is 0.417. The van der Waals surface area contributed by atoms with Crippen LogP contribution in [0.5, 0.6) is 0 Å². The van der Waals surface area contributed by atoms with Gasteiger partial charge in [0.1, 0.15) is 0 Å². The number of hydrogen-bond donors (Lipinski definition) is 1. The van der Waals surface area contributed by atoms with Crippen LogP contribution in [0.4, 0.5) is 5.69 Å². The van der Waals surface area contributed by atoms with Crippen molar-refractivity contribution in [2.24, 2.45) is 5.92 Å². The number of anilines is 1. The van der Waals surface area contributed by atoms with Gasteiger partial charge in [0, 0.05) is 10.7 Å². The van der Waals surface area contributed by atoms with Gasteiger partial charge in [-0.05, 0) is 29.9 Å². The predicted molar refractivity (Wildman–Crippen MR) is 80.2 cm³/mol. The van der Waals surface area contributed by atoms with Crippen molar-refractivity contribution in [3.05, 3.63) is 29.0 Å². The topological polar surface area (TPSA) is 64.9 Å². The monoisotopic (exact) mass is 297 g/mol. The van der Waals surface area contributed by atoms with E-state index in [9.17, 15) is 0 Å².